The van der Waals surface area contributed by atoms with Crippen LogP contribution in [0.5, 0.6) is 5.75 Å². The fraction of sp³-hybridized carbons (Fsp3) is 0.133. The smallest absolute Gasteiger partial charge is 0.143 e. The number of nitrogens with one attached hydrogen (secondary N) is 1. The Morgan fingerprint density at radius 3 is 2.80 bits per heavy atom. The van der Waals surface area contributed by atoms with Crippen LogP contribution in [0.1, 0.15) is 11.1 Å². The quantitative estimate of drug-likeness (QED) is 0.876. The third-order valence-corrected chi connectivity index (χ3v) is 3.67. The standard InChI is InChI=1S/C15H12BrClN2O/c1-20-15-6-10(8-18)2-5-14(15)19-9-11-7-12(16)3-4-13(11)17/h2-7,19H,9H2,1H3. The maximum Gasteiger partial charge on any atom is 0.143 e. The zero-order valence-electron chi connectivity index (χ0n) is 10.8. The molecule has 0 fully saturated rings. The van der Waals surface area contributed by atoms with Crippen LogP contribution in [-0.2, 0) is 6.54 Å². The molecule has 0 heterocycles. The van der Waals surface area contributed by atoms with Crippen molar-refractivity contribution in [3.8, 4) is 11.8 Å². The van der Waals surface area contributed by atoms with Crippen LogP contribution >= 0.6 is 27.5 Å². The van der Waals surface area contributed by atoms with E-state index in [0.29, 0.717) is 22.9 Å². The second kappa shape index (κ2) is 6.65. The largest absolute Gasteiger partial charge is 0.495 e. The van der Waals surface area contributed by atoms with Crippen molar-refractivity contribution in [2.45, 2.75) is 6.54 Å². The normalized spacial score (nSPS) is 9.90. The van der Waals surface area contributed by atoms with Crippen LogP contribution in [0.3, 0.4) is 0 Å². The lowest BCUT2D eigenvalue weighted by atomic mass is 10.2. The molecule has 0 saturated carbocycles. The molecule has 102 valence electrons. The van der Waals surface area contributed by atoms with Gasteiger partial charge in [0, 0.05) is 22.1 Å². The molecule has 0 saturated heterocycles. The van der Waals surface area contributed by atoms with Crippen LogP contribution in [0.25, 0.3) is 0 Å². The van der Waals surface area contributed by atoms with E-state index in [1.165, 1.54) is 0 Å². The maximum atomic E-state index is 8.87. The van der Waals surface area contributed by atoms with Crippen molar-refractivity contribution in [2.24, 2.45) is 0 Å². The van der Waals surface area contributed by atoms with E-state index in [-0.39, 0.29) is 0 Å². The topological polar surface area (TPSA) is 45.0 Å². The fourth-order valence-electron chi connectivity index (χ4n) is 1.78. The lowest BCUT2D eigenvalue weighted by Crippen LogP contribution is -2.02. The zero-order valence-corrected chi connectivity index (χ0v) is 13.1. The Labute approximate surface area is 131 Å². The average molecular weight is 352 g/mol. The van der Waals surface area contributed by atoms with E-state index in [0.717, 1.165) is 15.7 Å². The maximum absolute atomic E-state index is 8.87. The molecule has 0 aromatic heterocycles. The monoisotopic (exact) mass is 350 g/mol. The molecule has 1 N–H and O–H groups in total. The molecule has 5 heteroatoms. The van der Waals surface area contributed by atoms with Gasteiger partial charge in [0.25, 0.3) is 0 Å². The summed E-state index contributed by atoms with van der Waals surface area (Å²) in [5.41, 5.74) is 2.36. The highest BCUT2D eigenvalue weighted by atomic mass is 79.9. The number of hydrogen-bond donors (Lipinski definition) is 1. The number of halogens is 2. The van der Waals surface area contributed by atoms with Crippen LogP contribution in [-0.4, -0.2) is 7.11 Å². The number of nitrogens with zero attached hydrogens (tertiary/aromatic N) is 1. The van der Waals surface area contributed by atoms with Crippen molar-refractivity contribution >= 4 is 33.2 Å². The second-order valence-corrected chi connectivity index (χ2v) is 5.44. The lowest BCUT2D eigenvalue weighted by molar-refractivity contribution is 0.416. The van der Waals surface area contributed by atoms with E-state index < -0.39 is 0 Å². The van der Waals surface area contributed by atoms with Crippen LogP contribution in [0, 0.1) is 11.3 Å². The van der Waals surface area contributed by atoms with Crippen molar-refractivity contribution < 1.29 is 4.74 Å². The highest BCUT2D eigenvalue weighted by Crippen LogP contribution is 2.27. The van der Waals surface area contributed by atoms with Gasteiger partial charge in [-0.1, -0.05) is 27.5 Å². The van der Waals surface area contributed by atoms with Gasteiger partial charge in [0.1, 0.15) is 5.75 Å². The summed E-state index contributed by atoms with van der Waals surface area (Å²) in [6, 6.07) is 13.1. The predicted molar refractivity (Wildman–Crippen MR) is 84.2 cm³/mol. The SMILES string of the molecule is COc1cc(C#N)ccc1NCc1cc(Br)ccc1Cl. The molecule has 2 aromatic carbocycles. The summed E-state index contributed by atoms with van der Waals surface area (Å²) < 4.78 is 6.25. The summed E-state index contributed by atoms with van der Waals surface area (Å²) in [6.07, 6.45) is 0. The van der Waals surface area contributed by atoms with E-state index in [1.54, 1.807) is 19.2 Å². The Bertz CT molecular complexity index is 667. The minimum Gasteiger partial charge on any atom is -0.495 e. The molecular weight excluding hydrogens is 340 g/mol. The van der Waals surface area contributed by atoms with Gasteiger partial charge in [-0.3, -0.25) is 0 Å². The van der Waals surface area contributed by atoms with Gasteiger partial charge >= 0.3 is 0 Å². The minimum atomic E-state index is 0.563. The zero-order chi connectivity index (χ0) is 14.5. The van der Waals surface area contributed by atoms with Gasteiger partial charge < -0.3 is 10.1 Å². The Morgan fingerprint density at radius 1 is 1.30 bits per heavy atom. The van der Waals surface area contributed by atoms with Gasteiger partial charge in [0.05, 0.1) is 24.4 Å². The minimum absolute atomic E-state index is 0.563. The number of benzene rings is 2. The first-order chi connectivity index (χ1) is 9.63. The molecule has 0 atom stereocenters. The molecule has 2 aromatic rings. The van der Waals surface area contributed by atoms with Gasteiger partial charge in [-0.15, -0.1) is 0 Å². The first kappa shape index (κ1) is 14.7. The van der Waals surface area contributed by atoms with Gasteiger partial charge in [0.2, 0.25) is 0 Å². The molecule has 0 unspecified atom stereocenters. The fourth-order valence-corrected chi connectivity index (χ4v) is 2.37. The molecule has 0 aliphatic heterocycles. The molecule has 0 aliphatic rings. The van der Waals surface area contributed by atoms with Crippen LogP contribution in [0.2, 0.25) is 5.02 Å². The number of methoxy groups -OCH3 is 1. The van der Waals surface area contributed by atoms with E-state index in [4.69, 9.17) is 21.6 Å². The third-order valence-electron chi connectivity index (χ3n) is 2.81. The number of rotatable bonds is 4. The highest BCUT2D eigenvalue weighted by molar-refractivity contribution is 9.10. The van der Waals surface area contributed by atoms with Crippen molar-refractivity contribution in [2.75, 3.05) is 12.4 Å². The second-order valence-electron chi connectivity index (χ2n) is 4.12. The number of anilines is 1. The van der Waals surface area contributed by atoms with Crippen LogP contribution in [0.15, 0.2) is 40.9 Å². The van der Waals surface area contributed by atoms with Gasteiger partial charge in [0.15, 0.2) is 0 Å². The Balaban J connectivity index is 2.19. The van der Waals surface area contributed by atoms with Crippen molar-refractivity contribution in [1.82, 2.24) is 0 Å². The van der Waals surface area contributed by atoms with Crippen LogP contribution in [0.4, 0.5) is 5.69 Å². The Morgan fingerprint density at radius 2 is 2.10 bits per heavy atom. The summed E-state index contributed by atoms with van der Waals surface area (Å²) in [5, 5.41) is 12.8. The summed E-state index contributed by atoms with van der Waals surface area (Å²) in [6.45, 7) is 0.570. The first-order valence-electron chi connectivity index (χ1n) is 5.90. The highest BCUT2D eigenvalue weighted by Gasteiger charge is 2.06. The molecule has 0 spiro atoms. The van der Waals surface area contributed by atoms with Gasteiger partial charge in [-0.2, -0.15) is 5.26 Å². The number of ether oxygens (including phenoxy) is 1. The Kier molecular flexibility index (Phi) is 4.89. The predicted octanol–water partition coefficient (Wildman–Crippen LogP) is 4.59. The molecule has 0 radical (unpaired) electrons. The first-order valence-corrected chi connectivity index (χ1v) is 7.07. The van der Waals surface area contributed by atoms with E-state index in [9.17, 15) is 0 Å². The summed E-state index contributed by atoms with van der Waals surface area (Å²) in [4.78, 5) is 0. The van der Waals surface area contributed by atoms with Crippen LogP contribution < -0.4 is 10.1 Å². The molecule has 0 amide bonds. The summed E-state index contributed by atoms with van der Waals surface area (Å²) in [7, 11) is 1.58. The number of hydrogen-bond acceptors (Lipinski definition) is 3. The molecule has 20 heavy (non-hydrogen) atoms. The third kappa shape index (κ3) is 3.44. The van der Waals surface area contributed by atoms with Gasteiger partial charge in [-0.25, -0.2) is 0 Å². The van der Waals surface area contributed by atoms with E-state index in [2.05, 4.69) is 27.3 Å². The molecule has 0 aliphatic carbocycles. The van der Waals surface area contributed by atoms with Crippen molar-refractivity contribution in [3.63, 3.8) is 0 Å². The molecule has 0 bridgehead atoms. The lowest BCUT2D eigenvalue weighted by Gasteiger charge is -2.12. The molecular formula is C15H12BrClN2O. The van der Waals surface area contributed by atoms with Crippen molar-refractivity contribution in [1.29, 1.82) is 5.26 Å². The summed E-state index contributed by atoms with van der Waals surface area (Å²) >= 11 is 9.57. The van der Waals surface area contributed by atoms with E-state index in [1.807, 2.05) is 24.3 Å². The Hall–Kier alpha value is -1.70. The molecule has 3 nitrogen and oxygen atoms in total. The average Bonchev–Trinajstić information content (AvgIpc) is 2.48. The van der Waals surface area contributed by atoms with Crippen molar-refractivity contribution in [3.05, 3.63) is 57.0 Å². The summed E-state index contributed by atoms with van der Waals surface area (Å²) in [5.74, 6) is 0.634. The van der Waals surface area contributed by atoms with Gasteiger partial charge in [-0.05, 0) is 35.9 Å². The molecule has 2 rings (SSSR count). The number of nitriles is 1. The van der Waals surface area contributed by atoms with E-state index >= 15 is 0 Å².